The number of fused-ring (bicyclic) bond motifs is 4. The maximum atomic E-state index is 12.8. The van der Waals surface area contributed by atoms with Crippen LogP contribution in [0.4, 0.5) is 0 Å². The van der Waals surface area contributed by atoms with Crippen LogP contribution in [-0.4, -0.2) is 34.2 Å². The highest BCUT2D eigenvalue weighted by atomic mass is 32.1. The number of rotatable bonds is 2. The van der Waals surface area contributed by atoms with Gasteiger partial charge in [0.2, 0.25) is 6.79 Å². The van der Waals surface area contributed by atoms with Gasteiger partial charge in [-0.25, -0.2) is 0 Å². The van der Waals surface area contributed by atoms with Gasteiger partial charge in [-0.05, 0) is 60.1 Å². The highest BCUT2D eigenvalue weighted by Crippen LogP contribution is 2.42. The molecule has 164 valence electrons. The molecule has 6 rings (SSSR count). The molecule has 0 aliphatic carbocycles. The molecule has 7 heteroatoms. The Morgan fingerprint density at radius 1 is 1.00 bits per heavy atom. The van der Waals surface area contributed by atoms with Crippen LogP contribution in [0, 0.1) is 0 Å². The van der Waals surface area contributed by atoms with E-state index in [1.165, 1.54) is 10.9 Å². The third-order valence-electron chi connectivity index (χ3n) is 6.26. The van der Waals surface area contributed by atoms with Crippen LogP contribution in [0.3, 0.4) is 0 Å². The van der Waals surface area contributed by atoms with E-state index in [0.29, 0.717) is 17.2 Å². The molecule has 2 aliphatic rings. The van der Waals surface area contributed by atoms with E-state index in [1.54, 1.807) is 12.1 Å². The molecule has 0 radical (unpaired) electrons. The summed E-state index contributed by atoms with van der Waals surface area (Å²) in [6, 6.07) is 23.2. The lowest BCUT2D eigenvalue weighted by Gasteiger charge is -2.37. The number of para-hydroxylation sites is 1. The Morgan fingerprint density at radius 3 is 2.67 bits per heavy atom. The van der Waals surface area contributed by atoms with Crippen molar-refractivity contribution >= 4 is 34.1 Å². The topological polar surface area (TPSA) is 66.6 Å². The normalized spacial score (nSPS) is 16.5. The largest absolute Gasteiger partial charge is 0.454 e. The third-order valence-corrected chi connectivity index (χ3v) is 6.60. The first-order valence-electron chi connectivity index (χ1n) is 10.8. The molecule has 6 nitrogen and oxygen atoms in total. The van der Waals surface area contributed by atoms with Gasteiger partial charge in [-0.1, -0.05) is 42.5 Å². The predicted molar refractivity (Wildman–Crippen MR) is 130 cm³/mol. The third kappa shape index (κ3) is 3.41. The van der Waals surface area contributed by atoms with Gasteiger partial charge in [0.25, 0.3) is 5.91 Å². The van der Waals surface area contributed by atoms with Crippen LogP contribution < -0.4 is 14.8 Å². The average molecular weight is 456 g/mol. The fourth-order valence-electron chi connectivity index (χ4n) is 4.72. The zero-order valence-electron chi connectivity index (χ0n) is 17.7. The average Bonchev–Trinajstić information content (AvgIpc) is 3.47. The number of benzene rings is 3. The molecule has 33 heavy (non-hydrogen) atoms. The molecular formula is C26H21N3O3S. The Hall–Kier alpha value is -3.84. The number of nitrogens with one attached hydrogen (secondary N) is 2. The highest BCUT2D eigenvalue weighted by Gasteiger charge is 2.34. The van der Waals surface area contributed by atoms with E-state index in [2.05, 4.69) is 33.4 Å². The van der Waals surface area contributed by atoms with Gasteiger partial charge in [0.1, 0.15) is 0 Å². The summed E-state index contributed by atoms with van der Waals surface area (Å²) in [6.45, 7) is 0.901. The fraction of sp³-hybridized carbons (Fsp3) is 0.154. The van der Waals surface area contributed by atoms with Crippen LogP contribution in [-0.2, 0) is 6.42 Å². The standard InChI is InChI=1S/C26H21N3O3S/c30-25(16-6-2-1-3-7-16)28-26(33)29-13-12-19-18-8-4-5-9-20(18)27-23(19)24(29)17-10-11-21-22(14-17)32-15-31-21/h1-11,14,24,27H,12-13,15H2,(H,28,30,33). The molecule has 4 aromatic rings. The van der Waals surface area contributed by atoms with Gasteiger partial charge < -0.3 is 19.4 Å². The van der Waals surface area contributed by atoms with Crippen LogP contribution in [0.1, 0.15) is 33.2 Å². The number of H-pyrrole nitrogens is 1. The SMILES string of the molecule is O=C(NC(=S)N1CCc2c([nH]c3ccccc23)C1c1ccc2c(c1)OCO2)c1ccccc1. The summed E-state index contributed by atoms with van der Waals surface area (Å²) in [5.41, 5.74) is 5.04. The van der Waals surface area contributed by atoms with Crippen molar-refractivity contribution in [1.82, 2.24) is 15.2 Å². The number of hydrogen-bond acceptors (Lipinski definition) is 4. The summed E-state index contributed by atoms with van der Waals surface area (Å²) >= 11 is 5.76. The Labute approximate surface area is 196 Å². The van der Waals surface area contributed by atoms with Crippen LogP contribution in [0.5, 0.6) is 11.5 Å². The van der Waals surface area contributed by atoms with Crippen molar-refractivity contribution in [3.8, 4) is 11.5 Å². The number of hydrogen-bond donors (Lipinski definition) is 2. The number of ether oxygens (including phenoxy) is 2. The number of aromatic amines is 1. The molecule has 2 N–H and O–H groups in total. The van der Waals surface area contributed by atoms with Gasteiger partial charge in [-0.3, -0.25) is 10.1 Å². The number of amides is 1. The summed E-state index contributed by atoms with van der Waals surface area (Å²) in [4.78, 5) is 18.5. The highest BCUT2D eigenvalue weighted by molar-refractivity contribution is 7.80. The Balaban J connectivity index is 1.41. The second-order valence-corrected chi connectivity index (χ2v) is 8.53. The molecule has 3 heterocycles. The summed E-state index contributed by atoms with van der Waals surface area (Å²) in [5.74, 6) is 1.24. The number of aromatic nitrogens is 1. The maximum absolute atomic E-state index is 12.8. The summed E-state index contributed by atoms with van der Waals surface area (Å²) < 4.78 is 11.1. The molecular weight excluding hydrogens is 434 g/mol. The lowest BCUT2D eigenvalue weighted by Crippen LogP contribution is -2.47. The van der Waals surface area contributed by atoms with E-state index in [1.807, 2.05) is 42.5 Å². The Morgan fingerprint density at radius 2 is 1.79 bits per heavy atom. The van der Waals surface area contributed by atoms with Gasteiger partial charge in [0.05, 0.1) is 6.04 Å². The van der Waals surface area contributed by atoms with Crippen molar-refractivity contribution in [3.63, 3.8) is 0 Å². The zero-order chi connectivity index (χ0) is 22.4. The maximum Gasteiger partial charge on any atom is 0.257 e. The molecule has 0 spiro atoms. The lowest BCUT2D eigenvalue weighted by molar-refractivity contribution is 0.0971. The molecule has 1 amide bonds. The molecule has 0 bridgehead atoms. The minimum Gasteiger partial charge on any atom is -0.454 e. The first kappa shape index (κ1) is 19.8. The smallest absolute Gasteiger partial charge is 0.257 e. The fourth-order valence-corrected chi connectivity index (χ4v) is 5.01. The predicted octanol–water partition coefficient (Wildman–Crippen LogP) is 4.56. The van der Waals surface area contributed by atoms with E-state index < -0.39 is 0 Å². The molecule has 1 unspecified atom stereocenters. The monoisotopic (exact) mass is 455 g/mol. The van der Waals surface area contributed by atoms with E-state index in [0.717, 1.165) is 34.7 Å². The molecule has 1 aromatic heterocycles. The number of nitrogens with zero attached hydrogens (tertiary/aromatic N) is 1. The second-order valence-electron chi connectivity index (χ2n) is 8.15. The molecule has 0 saturated carbocycles. The van der Waals surface area contributed by atoms with Gasteiger partial charge in [0, 0.05) is 28.7 Å². The van der Waals surface area contributed by atoms with E-state index in [9.17, 15) is 4.79 Å². The summed E-state index contributed by atoms with van der Waals surface area (Å²) in [5, 5.41) is 4.55. The van der Waals surface area contributed by atoms with E-state index in [4.69, 9.17) is 21.7 Å². The lowest BCUT2D eigenvalue weighted by atomic mass is 9.92. The van der Waals surface area contributed by atoms with Crippen molar-refractivity contribution in [2.24, 2.45) is 0 Å². The number of carbonyl (C=O) groups is 1. The van der Waals surface area contributed by atoms with Crippen LogP contribution in [0.2, 0.25) is 0 Å². The first-order valence-corrected chi connectivity index (χ1v) is 11.3. The van der Waals surface area contributed by atoms with Crippen molar-refractivity contribution in [3.05, 3.63) is 95.2 Å². The van der Waals surface area contributed by atoms with Crippen LogP contribution in [0.25, 0.3) is 10.9 Å². The Kier molecular flexibility index (Phi) is 4.77. The zero-order valence-corrected chi connectivity index (χ0v) is 18.5. The number of carbonyl (C=O) groups excluding carboxylic acids is 1. The molecule has 2 aliphatic heterocycles. The van der Waals surface area contributed by atoms with Gasteiger partial charge in [-0.15, -0.1) is 0 Å². The van der Waals surface area contributed by atoms with Gasteiger partial charge in [0.15, 0.2) is 16.6 Å². The summed E-state index contributed by atoms with van der Waals surface area (Å²) in [6.07, 6.45) is 0.821. The molecule has 0 fully saturated rings. The van der Waals surface area contributed by atoms with Crippen molar-refractivity contribution in [2.75, 3.05) is 13.3 Å². The van der Waals surface area contributed by atoms with Crippen molar-refractivity contribution < 1.29 is 14.3 Å². The van der Waals surface area contributed by atoms with Gasteiger partial charge >= 0.3 is 0 Å². The minimum atomic E-state index is -0.215. The van der Waals surface area contributed by atoms with Crippen LogP contribution in [0.15, 0.2) is 72.8 Å². The minimum absolute atomic E-state index is 0.195. The molecule has 3 aromatic carbocycles. The Bertz CT molecular complexity index is 1380. The van der Waals surface area contributed by atoms with E-state index >= 15 is 0 Å². The molecule has 1 atom stereocenters. The summed E-state index contributed by atoms with van der Waals surface area (Å²) in [7, 11) is 0. The quantitative estimate of drug-likeness (QED) is 0.434. The first-order chi connectivity index (χ1) is 16.2. The second kappa shape index (κ2) is 7.94. The van der Waals surface area contributed by atoms with Gasteiger partial charge in [-0.2, -0.15) is 0 Å². The molecule has 0 saturated heterocycles. The van der Waals surface area contributed by atoms with Crippen LogP contribution >= 0.6 is 12.2 Å². The number of thiocarbonyl (C=S) groups is 1. The van der Waals surface area contributed by atoms with Crippen molar-refractivity contribution in [1.29, 1.82) is 0 Å². The van der Waals surface area contributed by atoms with Crippen molar-refractivity contribution in [2.45, 2.75) is 12.5 Å². The van der Waals surface area contributed by atoms with E-state index in [-0.39, 0.29) is 18.7 Å².